The molecule has 0 spiro atoms. The van der Waals surface area contributed by atoms with Gasteiger partial charge in [0.1, 0.15) is 52.7 Å². The summed E-state index contributed by atoms with van der Waals surface area (Å²) in [5.41, 5.74) is 3.19. The molecular formula is C59H49ClF3N9O9. The molecule has 0 saturated carbocycles. The van der Waals surface area contributed by atoms with Gasteiger partial charge in [0.15, 0.2) is 5.78 Å². The van der Waals surface area contributed by atoms with Crippen molar-refractivity contribution in [3.8, 4) is 11.1 Å². The highest BCUT2D eigenvalue weighted by Crippen LogP contribution is 2.43. The molecule has 412 valence electrons. The summed E-state index contributed by atoms with van der Waals surface area (Å²) in [5, 5.41) is 1.70. The minimum absolute atomic E-state index is 0.0217. The number of carbonyl (C=O) groups excluding carboxylic acids is 3. The zero-order valence-corrected chi connectivity index (χ0v) is 44.8. The molecule has 3 N–H and O–H groups in total. The molecule has 1 aliphatic carbocycles. The second-order valence-electron chi connectivity index (χ2n) is 20.0. The topological polar surface area (TPSA) is 220 Å². The number of aromatic nitrogens is 7. The Labute approximate surface area is 461 Å². The van der Waals surface area contributed by atoms with Crippen molar-refractivity contribution in [2.45, 2.75) is 32.5 Å². The van der Waals surface area contributed by atoms with Crippen LogP contribution in [0.1, 0.15) is 51.0 Å². The number of furan rings is 2. The first-order chi connectivity index (χ1) is 39.0. The van der Waals surface area contributed by atoms with E-state index in [1.165, 1.54) is 66.0 Å². The van der Waals surface area contributed by atoms with E-state index < -0.39 is 46.6 Å². The lowest BCUT2D eigenvalue weighted by Gasteiger charge is -2.19. The summed E-state index contributed by atoms with van der Waals surface area (Å²) in [6.07, 6.45) is 11.8. The maximum absolute atomic E-state index is 15.4. The molecule has 1 unspecified atom stereocenters. The Kier molecular flexibility index (Phi) is 14.4. The third-order valence-corrected chi connectivity index (χ3v) is 14.3. The van der Waals surface area contributed by atoms with Crippen LogP contribution in [0.25, 0.3) is 82.4 Å². The summed E-state index contributed by atoms with van der Waals surface area (Å²) >= 11 is 6.67. The van der Waals surface area contributed by atoms with Crippen LogP contribution in [0.15, 0.2) is 129 Å². The number of imidazole rings is 1. The largest absolute Gasteiger partial charge is 0.463 e. The molecule has 22 heteroatoms. The first kappa shape index (κ1) is 53.7. The van der Waals surface area contributed by atoms with Crippen LogP contribution in [-0.4, -0.2) is 116 Å². The maximum atomic E-state index is 15.4. The van der Waals surface area contributed by atoms with Crippen molar-refractivity contribution in [3.05, 3.63) is 182 Å². The first-order valence-corrected chi connectivity index (χ1v) is 25.8. The van der Waals surface area contributed by atoms with Crippen molar-refractivity contribution in [1.29, 1.82) is 0 Å². The van der Waals surface area contributed by atoms with Crippen molar-refractivity contribution < 1.29 is 45.9 Å². The van der Waals surface area contributed by atoms with E-state index in [-0.39, 0.29) is 104 Å². The van der Waals surface area contributed by atoms with Gasteiger partial charge in [0.2, 0.25) is 0 Å². The van der Waals surface area contributed by atoms with Crippen LogP contribution in [-0.2, 0) is 27.4 Å². The van der Waals surface area contributed by atoms with Crippen LogP contribution >= 0.6 is 11.6 Å². The van der Waals surface area contributed by atoms with Crippen LogP contribution in [0.3, 0.4) is 0 Å². The molecule has 81 heavy (non-hydrogen) atoms. The van der Waals surface area contributed by atoms with Gasteiger partial charge in [0, 0.05) is 65.6 Å². The third kappa shape index (κ3) is 9.99. The van der Waals surface area contributed by atoms with E-state index in [4.69, 9.17) is 29.9 Å². The highest BCUT2D eigenvalue weighted by Gasteiger charge is 2.34. The summed E-state index contributed by atoms with van der Waals surface area (Å²) in [4.78, 5) is 86.6. The minimum atomic E-state index is -0.804. The van der Waals surface area contributed by atoms with Crippen molar-refractivity contribution in [2.75, 3.05) is 47.9 Å². The lowest BCUT2D eigenvalue weighted by atomic mass is 9.93. The molecule has 0 saturated heterocycles. The van der Waals surface area contributed by atoms with Gasteiger partial charge >= 0.3 is 11.9 Å². The number of allylic oxidation sites excluding steroid dienone is 4. The number of hydrogen-bond acceptors (Lipinski definition) is 13. The van der Waals surface area contributed by atoms with E-state index in [0.717, 1.165) is 11.6 Å². The van der Waals surface area contributed by atoms with Gasteiger partial charge in [-0.25, -0.2) is 32.7 Å². The van der Waals surface area contributed by atoms with Gasteiger partial charge in [-0.1, -0.05) is 29.8 Å². The van der Waals surface area contributed by atoms with Crippen molar-refractivity contribution in [2.24, 2.45) is 0 Å². The van der Waals surface area contributed by atoms with E-state index in [2.05, 4.69) is 24.9 Å². The summed E-state index contributed by atoms with van der Waals surface area (Å²) in [6, 6.07) is 14.7. The highest BCUT2D eigenvalue weighted by atomic mass is 35.5. The molecule has 0 amide bonds. The average molecular weight is 1120 g/mol. The number of pyridine rings is 1. The molecule has 7 aromatic heterocycles. The Balaban J connectivity index is 0.000000170. The van der Waals surface area contributed by atoms with Crippen molar-refractivity contribution in [3.63, 3.8) is 0 Å². The quantitative estimate of drug-likeness (QED) is 0.0864. The summed E-state index contributed by atoms with van der Waals surface area (Å²) < 4.78 is 72.1. The fourth-order valence-corrected chi connectivity index (χ4v) is 10.6. The predicted molar refractivity (Wildman–Crippen MR) is 300 cm³/mol. The zero-order chi connectivity index (χ0) is 57.0. The van der Waals surface area contributed by atoms with E-state index in [1.54, 1.807) is 48.2 Å². The number of Topliss-reactive ketones (excluding diaryl/α,β-unsaturated/α-hetero) is 1. The molecular weight excluding hydrogens is 1070 g/mol. The number of halogens is 4. The number of ketones is 1. The normalized spacial score (nSPS) is 13.1. The molecule has 4 aromatic carbocycles. The van der Waals surface area contributed by atoms with Gasteiger partial charge in [-0.2, -0.15) is 0 Å². The van der Waals surface area contributed by atoms with Gasteiger partial charge in [0.05, 0.1) is 91.8 Å². The number of rotatable bonds is 14. The Bertz CT molecular complexity index is 4540. The molecule has 12 rings (SSSR count). The second-order valence-corrected chi connectivity index (χ2v) is 20.4. The Hall–Kier alpha value is -9.31. The smallest absolute Gasteiger partial charge is 0.355 e. The summed E-state index contributed by atoms with van der Waals surface area (Å²) in [5.74, 6) is -3.45. The second kappa shape index (κ2) is 21.7. The molecule has 1 aliphatic rings. The van der Waals surface area contributed by atoms with Crippen LogP contribution in [0.2, 0.25) is 5.02 Å². The fourth-order valence-electron chi connectivity index (χ4n) is 10.4. The lowest BCUT2D eigenvalue weighted by Crippen LogP contribution is -2.29. The number of nitrogens with one attached hydrogen (secondary N) is 3. The molecule has 18 nitrogen and oxygen atoms in total. The highest BCUT2D eigenvalue weighted by molar-refractivity contribution is 6.32. The molecule has 0 aliphatic heterocycles. The maximum Gasteiger partial charge on any atom is 0.355 e. The SMILES string of the molecule is CC(CN(C)C)OC(=O)c1c(C2=CC=CCC2=O)c2c3occc3c(F)cc2n1Cc1cc2[nH]cnc2cc1Cl.CN(C)CCOC(=O)c1c(-c2ccc[nH]c2=O)c2c3occc3c(F)cc2n1Cc1cc2c(=O)[nH]cnc2cc1F. The van der Waals surface area contributed by atoms with E-state index in [0.29, 0.717) is 51.2 Å². The number of aromatic amines is 3. The Morgan fingerprint density at radius 2 is 1.40 bits per heavy atom. The Morgan fingerprint density at radius 1 is 0.741 bits per heavy atom. The number of carbonyl (C=O) groups is 3. The summed E-state index contributed by atoms with van der Waals surface area (Å²) in [6.45, 7) is 2.52. The number of nitrogens with zero attached hydrogens (tertiary/aromatic N) is 6. The number of likely N-dealkylation sites (N-methyl/N-ethyl adjacent to an activating group) is 2. The monoisotopic (exact) mass is 1120 g/mol. The molecule has 11 aromatic rings. The first-order valence-electron chi connectivity index (χ1n) is 25.4. The van der Waals surface area contributed by atoms with E-state index >= 15 is 13.2 Å². The number of fused-ring (bicyclic) bond motifs is 8. The number of ether oxygens (including phenoxy) is 2. The molecule has 0 radical (unpaired) electrons. The number of hydrogen-bond donors (Lipinski definition) is 3. The molecule has 7 heterocycles. The lowest BCUT2D eigenvalue weighted by molar-refractivity contribution is -0.113. The van der Waals surface area contributed by atoms with Crippen LogP contribution in [0.5, 0.6) is 0 Å². The molecule has 1 atom stereocenters. The van der Waals surface area contributed by atoms with Crippen molar-refractivity contribution >= 4 is 101 Å². The third-order valence-electron chi connectivity index (χ3n) is 13.9. The zero-order valence-electron chi connectivity index (χ0n) is 44.1. The van der Waals surface area contributed by atoms with E-state index in [1.807, 2.05) is 44.1 Å². The summed E-state index contributed by atoms with van der Waals surface area (Å²) in [7, 11) is 7.40. The fraction of sp³-hybridized carbons (Fsp3) is 0.203. The average Bonchev–Trinajstić information content (AvgIpc) is 3.61. The minimum Gasteiger partial charge on any atom is -0.463 e. The van der Waals surface area contributed by atoms with Crippen LogP contribution in [0, 0.1) is 17.5 Å². The molecule has 0 fully saturated rings. The standard InChI is InChI=1S/C30H26ClFN4O4.C29H23F2N5O5/c1-16(13-35(2)3)40-30(38)28-26(19-6-4-5-7-25(19)37)27-24(12-21(32)18-8-9-39-29(18)27)36(28)14-17-10-22-23(11-20(17)31)34-15-33-22;1-35(2)7-9-41-29(39)25-23(17-4-3-6-32-27(17)37)24-22(12-20(31)16-5-8-40-26(16)24)36(25)13-15-10-18-21(11-19(15)30)33-14-34-28(18)38/h4-6,8-12,15-16H,7,13-14H2,1-3H3,(H,33,34);3-6,8,10-12,14H,7,9,13H2,1-2H3,(H,32,37)(H,33,34,38). The van der Waals surface area contributed by atoms with Crippen molar-refractivity contribution in [1.82, 2.24) is 43.9 Å². The number of benzene rings is 4. The number of H-pyrrole nitrogens is 3. The van der Waals surface area contributed by atoms with Gasteiger partial charge in [0.25, 0.3) is 11.1 Å². The van der Waals surface area contributed by atoms with Crippen LogP contribution in [0.4, 0.5) is 13.2 Å². The van der Waals surface area contributed by atoms with Gasteiger partial charge in [-0.05, 0) is 95.3 Å². The van der Waals surface area contributed by atoms with Gasteiger partial charge in [-0.15, -0.1) is 0 Å². The van der Waals surface area contributed by atoms with Crippen LogP contribution < -0.4 is 11.1 Å². The van der Waals surface area contributed by atoms with Gasteiger partial charge in [-0.3, -0.25) is 14.4 Å². The Morgan fingerprint density at radius 3 is 2.06 bits per heavy atom. The molecule has 0 bridgehead atoms. The predicted octanol–water partition coefficient (Wildman–Crippen LogP) is 10.1. The number of esters is 2. The van der Waals surface area contributed by atoms with Gasteiger partial charge < -0.3 is 52.2 Å². The van der Waals surface area contributed by atoms with E-state index in [9.17, 15) is 24.0 Å².